The number of carbonyl (C=O) groups excluding carboxylic acids is 2. The van der Waals surface area contributed by atoms with Gasteiger partial charge in [0.1, 0.15) is 5.00 Å². The predicted octanol–water partition coefficient (Wildman–Crippen LogP) is 4.96. The van der Waals surface area contributed by atoms with Crippen molar-refractivity contribution in [2.24, 2.45) is 5.73 Å². The molecule has 0 aliphatic carbocycles. The molecule has 0 bridgehead atoms. The van der Waals surface area contributed by atoms with Gasteiger partial charge < -0.3 is 11.1 Å². The van der Waals surface area contributed by atoms with E-state index in [1.807, 2.05) is 54.6 Å². The molecule has 162 valence electrons. The maximum atomic E-state index is 12.6. The Kier molecular flexibility index (Phi) is 7.33. The van der Waals surface area contributed by atoms with E-state index in [9.17, 15) is 9.59 Å². The molecule has 3 aromatic rings. The zero-order valence-electron chi connectivity index (χ0n) is 17.2. The second kappa shape index (κ2) is 9.96. The van der Waals surface area contributed by atoms with Crippen LogP contribution in [0.1, 0.15) is 27.7 Å². The molecule has 4 rings (SSSR count). The average molecular weight is 457 g/mol. The zero-order valence-corrected chi connectivity index (χ0v) is 18.8. The van der Waals surface area contributed by atoms with Crippen molar-refractivity contribution in [3.05, 3.63) is 70.6 Å². The van der Waals surface area contributed by atoms with Crippen molar-refractivity contribution >= 4 is 46.4 Å². The minimum atomic E-state index is -0.500. The van der Waals surface area contributed by atoms with Crippen LogP contribution in [-0.4, -0.2) is 29.9 Å². The third-order valence-electron chi connectivity index (χ3n) is 5.31. The molecule has 1 aliphatic rings. The Hall–Kier alpha value is -2.87. The molecular formula is C23H25ClN4O2S. The molecule has 4 N–H and O–H groups in total. The third-order valence-corrected chi connectivity index (χ3v) is 6.44. The molecule has 0 unspecified atom stereocenters. The Bertz CT molecular complexity index is 1070. The van der Waals surface area contributed by atoms with Gasteiger partial charge in [-0.2, -0.15) is 0 Å². The molecule has 2 aromatic carbocycles. The van der Waals surface area contributed by atoms with Crippen LogP contribution in [0, 0.1) is 0 Å². The molecule has 8 heteroatoms. The summed E-state index contributed by atoms with van der Waals surface area (Å²) in [5.41, 5.74) is 9.91. The minimum absolute atomic E-state index is 0. The number of anilines is 2. The summed E-state index contributed by atoms with van der Waals surface area (Å²) in [7, 11) is 0. The summed E-state index contributed by atoms with van der Waals surface area (Å²) in [5.74, 6) is -0.500. The van der Waals surface area contributed by atoms with Gasteiger partial charge in [0.05, 0.1) is 5.56 Å². The molecule has 31 heavy (non-hydrogen) atoms. The average Bonchev–Trinajstić information content (AvgIpc) is 3.11. The number of benzene rings is 2. The first-order chi connectivity index (χ1) is 14.5. The highest BCUT2D eigenvalue weighted by atomic mass is 35.5. The fraction of sp³-hybridized carbons (Fsp3) is 0.217. The van der Waals surface area contributed by atoms with E-state index >= 15 is 0 Å². The van der Waals surface area contributed by atoms with Crippen molar-refractivity contribution in [1.82, 2.24) is 4.90 Å². The van der Waals surface area contributed by atoms with E-state index in [1.54, 1.807) is 0 Å². The van der Waals surface area contributed by atoms with Crippen LogP contribution in [0.25, 0.3) is 11.1 Å². The highest BCUT2D eigenvalue weighted by Crippen LogP contribution is 2.37. The number of carbonyl (C=O) groups is 2. The maximum absolute atomic E-state index is 12.6. The third kappa shape index (κ3) is 5.07. The molecule has 2 heterocycles. The molecule has 3 amide bonds. The molecule has 6 nitrogen and oxygen atoms in total. The predicted molar refractivity (Wildman–Crippen MR) is 129 cm³/mol. The molecule has 1 aromatic heterocycles. The summed E-state index contributed by atoms with van der Waals surface area (Å²) in [5, 5.41) is 6.17. The quantitative estimate of drug-likeness (QED) is 0.507. The molecule has 1 aliphatic heterocycles. The number of urea groups is 1. The van der Waals surface area contributed by atoms with Crippen molar-refractivity contribution in [1.29, 1.82) is 0 Å². The fourth-order valence-corrected chi connectivity index (χ4v) is 5.01. The second-order valence-corrected chi connectivity index (χ2v) is 8.32. The van der Waals surface area contributed by atoms with E-state index in [0.29, 0.717) is 16.3 Å². The Morgan fingerprint density at radius 1 is 1.03 bits per heavy atom. The van der Waals surface area contributed by atoms with E-state index in [-0.39, 0.29) is 12.4 Å². The first-order valence-electron chi connectivity index (χ1n) is 9.95. The number of thiophene rings is 1. The summed E-state index contributed by atoms with van der Waals surface area (Å²) in [6.07, 6.45) is 0.766. The van der Waals surface area contributed by atoms with Gasteiger partial charge in [0, 0.05) is 23.7 Å². The molecular weight excluding hydrogens is 432 g/mol. The van der Waals surface area contributed by atoms with Crippen LogP contribution < -0.4 is 16.4 Å². The van der Waals surface area contributed by atoms with E-state index < -0.39 is 11.9 Å². The highest BCUT2D eigenvalue weighted by molar-refractivity contribution is 7.17. The van der Waals surface area contributed by atoms with Gasteiger partial charge in [-0.15, -0.1) is 23.7 Å². The first kappa shape index (κ1) is 22.8. The van der Waals surface area contributed by atoms with E-state index in [1.165, 1.54) is 11.3 Å². The van der Waals surface area contributed by atoms with Gasteiger partial charge in [0.25, 0.3) is 5.91 Å². The number of amides is 3. The number of nitrogens with zero attached hydrogens (tertiary/aromatic N) is 1. The lowest BCUT2D eigenvalue weighted by Crippen LogP contribution is -2.30. The number of rotatable bonds is 5. The van der Waals surface area contributed by atoms with Crippen molar-refractivity contribution in [2.75, 3.05) is 23.7 Å². The molecule has 0 saturated heterocycles. The number of hydrogen-bond acceptors (Lipinski definition) is 4. The van der Waals surface area contributed by atoms with E-state index in [4.69, 9.17) is 5.73 Å². The minimum Gasteiger partial charge on any atom is -0.365 e. The lowest BCUT2D eigenvalue weighted by Gasteiger charge is -2.25. The molecule has 0 atom stereocenters. The van der Waals surface area contributed by atoms with Crippen LogP contribution in [0.2, 0.25) is 0 Å². The van der Waals surface area contributed by atoms with Gasteiger partial charge in [0.2, 0.25) is 0 Å². The fourth-order valence-electron chi connectivity index (χ4n) is 3.72. The van der Waals surface area contributed by atoms with Gasteiger partial charge >= 0.3 is 6.03 Å². The number of nitrogens with two attached hydrogens (primary N) is 1. The topological polar surface area (TPSA) is 87.5 Å². The highest BCUT2D eigenvalue weighted by Gasteiger charge is 2.27. The van der Waals surface area contributed by atoms with Crippen molar-refractivity contribution < 1.29 is 9.59 Å². The van der Waals surface area contributed by atoms with Crippen molar-refractivity contribution in [3.8, 4) is 11.1 Å². The smallest absolute Gasteiger partial charge is 0.324 e. The summed E-state index contributed by atoms with van der Waals surface area (Å²) in [6.45, 7) is 4.73. The monoisotopic (exact) mass is 456 g/mol. The Labute approximate surface area is 191 Å². The number of nitrogens with one attached hydrogen (secondary N) is 2. The van der Waals surface area contributed by atoms with Crippen molar-refractivity contribution in [3.63, 3.8) is 0 Å². The Morgan fingerprint density at radius 3 is 2.35 bits per heavy atom. The summed E-state index contributed by atoms with van der Waals surface area (Å²) < 4.78 is 0. The van der Waals surface area contributed by atoms with Gasteiger partial charge in [-0.05, 0) is 41.8 Å². The van der Waals surface area contributed by atoms with Crippen LogP contribution in [0.15, 0.2) is 54.6 Å². The maximum Gasteiger partial charge on any atom is 0.324 e. The number of halogens is 1. The molecule has 0 saturated carbocycles. The lowest BCUT2D eigenvalue weighted by atomic mass is 10.0. The number of hydrogen-bond donors (Lipinski definition) is 3. The first-order valence-corrected chi connectivity index (χ1v) is 10.8. The number of primary amides is 1. The van der Waals surface area contributed by atoms with Crippen LogP contribution in [-0.2, 0) is 13.0 Å². The Morgan fingerprint density at radius 2 is 1.71 bits per heavy atom. The van der Waals surface area contributed by atoms with Crippen LogP contribution in [0.5, 0.6) is 0 Å². The summed E-state index contributed by atoms with van der Waals surface area (Å²) in [6, 6.07) is 17.3. The normalized spacial score (nSPS) is 13.1. The SMILES string of the molecule is CCN1CCc2c(sc(NC(=O)Nc3ccc(-c4ccccc4)cc3)c2C(N)=O)C1.Cl. The molecule has 0 radical (unpaired) electrons. The Balaban J connectivity index is 0.00000272. The van der Waals surface area contributed by atoms with Gasteiger partial charge in [0.15, 0.2) is 0 Å². The van der Waals surface area contributed by atoms with Crippen molar-refractivity contribution in [2.45, 2.75) is 19.9 Å². The standard InChI is InChI=1S/C23H24N4O2S.ClH/c1-2-27-13-12-18-19(14-27)30-22(20(18)21(24)28)26-23(29)25-17-10-8-16(9-11-17)15-6-4-3-5-7-15;/h3-11H,2,12-14H2,1H3,(H2,24,28)(H2,25,26,29);1H. The molecule has 0 fully saturated rings. The molecule has 0 spiro atoms. The van der Waals surface area contributed by atoms with Gasteiger partial charge in [-0.1, -0.05) is 49.4 Å². The van der Waals surface area contributed by atoms with Crippen LogP contribution in [0.4, 0.5) is 15.5 Å². The van der Waals surface area contributed by atoms with Crippen LogP contribution in [0.3, 0.4) is 0 Å². The summed E-state index contributed by atoms with van der Waals surface area (Å²) >= 11 is 1.43. The second-order valence-electron chi connectivity index (χ2n) is 7.21. The lowest BCUT2D eigenvalue weighted by molar-refractivity contribution is 0.1000. The van der Waals surface area contributed by atoms with E-state index in [2.05, 4.69) is 22.5 Å². The van der Waals surface area contributed by atoms with Gasteiger partial charge in [-0.25, -0.2) is 4.79 Å². The summed E-state index contributed by atoms with van der Waals surface area (Å²) in [4.78, 5) is 28.0. The largest absolute Gasteiger partial charge is 0.365 e. The van der Waals surface area contributed by atoms with Gasteiger partial charge in [-0.3, -0.25) is 15.0 Å². The number of fused-ring (bicyclic) bond motifs is 1. The van der Waals surface area contributed by atoms with Crippen LogP contribution >= 0.6 is 23.7 Å². The van der Waals surface area contributed by atoms with E-state index in [0.717, 1.165) is 47.6 Å². The number of likely N-dealkylation sites (N-methyl/N-ethyl adjacent to an activating group) is 1. The zero-order chi connectivity index (χ0) is 21.1.